The Kier molecular flexibility index (Phi) is 5.09. The van der Waals surface area contributed by atoms with E-state index in [2.05, 4.69) is 15.9 Å². The van der Waals surface area contributed by atoms with E-state index in [1.807, 2.05) is 13.8 Å². The number of alkyl halides is 1. The molecule has 1 aromatic rings. The van der Waals surface area contributed by atoms with E-state index in [0.717, 1.165) is 12.7 Å². The second-order valence-electron chi connectivity index (χ2n) is 4.44. The van der Waals surface area contributed by atoms with Crippen molar-refractivity contribution in [1.82, 2.24) is 0 Å². The van der Waals surface area contributed by atoms with Gasteiger partial charge in [-0.3, -0.25) is 10.1 Å². The molecule has 19 heavy (non-hydrogen) atoms. The average Bonchev–Trinajstić information content (AvgIpc) is 2.34. The monoisotopic (exact) mass is 349 g/mol. The van der Waals surface area contributed by atoms with E-state index in [1.165, 1.54) is 6.07 Å². The third-order valence-electron chi connectivity index (χ3n) is 3.04. The molecule has 7 heteroatoms. The van der Waals surface area contributed by atoms with Crippen molar-refractivity contribution in [3.05, 3.63) is 33.9 Å². The predicted octanol–water partition coefficient (Wildman–Crippen LogP) is 3.28. The number of nitro benzene ring substituents is 1. The largest absolute Gasteiger partial charge is 0.291 e. The highest BCUT2D eigenvalue weighted by Crippen LogP contribution is 2.36. The van der Waals surface area contributed by atoms with E-state index < -0.39 is 14.8 Å². The molecule has 0 heterocycles. The molecule has 5 nitrogen and oxygen atoms in total. The van der Waals surface area contributed by atoms with Crippen molar-refractivity contribution in [2.45, 2.75) is 35.9 Å². The number of para-hydroxylation sites is 1. The lowest BCUT2D eigenvalue weighted by atomic mass is 9.95. The number of nitrogens with zero attached hydrogens (tertiary/aromatic N) is 1. The summed E-state index contributed by atoms with van der Waals surface area (Å²) in [5, 5.41) is 11.2. The number of hydrogen-bond donors (Lipinski definition) is 0. The van der Waals surface area contributed by atoms with E-state index in [1.54, 1.807) is 12.1 Å². The molecule has 0 fully saturated rings. The van der Waals surface area contributed by atoms with Crippen LogP contribution in [0.1, 0.15) is 31.7 Å². The van der Waals surface area contributed by atoms with Crippen molar-refractivity contribution in [1.29, 1.82) is 0 Å². The van der Waals surface area contributed by atoms with Crippen LogP contribution < -0.4 is 0 Å². The van der Waals surface area contributed by atoms with E-state index in [9.17, 15) is 18.5 Å². The molecule has 0 radical (unpaired) electrons. The minimum Gasteiger partial charge on any atom is -0.258 e. The smallest absolute Gasteiger partial charge is 0.258 e. The van der Waals surface area contributed by atoms with Gasteiger partial charge in [0.1, 0.15) is 4.90 Å². The summed E-state index contributed by atoms with van der Waals surface area (Å²) in [7, 11) is -3.62. The standard InChI is InChI=1S/C12H16BrNO4S/c1-4-10(13)8(2)9-6-5-7-11(19(3,17)18)12(9)14(15)16/h5-8,10H,4H2,1-3H3. The zero-order valence-corrected chi connectivity index (χ0v) is 13.4. The number of sulfone groups is 1. The summed E-state index contributed by atoms with van der Waals surface area (Å²) in [4.78, 5) is 10.4. The fourth-order valence-corrected chi connectivity index (χ4v) is 3.10. The molecule has 0 aliphatic carbocycles. The van der Waals surface area contributed by atoms with E-state index in [-0.39, 0.29) is 21.3 Å². The number of halogens is 1. The zero-order chi connectivity index (χ0) is 14.8. The molecule has 0 N–H and O–H groups in total. The summed E-state index contributed by atoms with van der Waals surface area (Å²) in [6.07, 6.45) is 1.77. The number of rotatable bonds is 5. The second kappa shape index (κ2) is 6.00. The van der Waals surface area contributed by atoms with Crippen molar-refractivity contribution >= 4 is 31.5 Å². The first kappa shape index (κ1) is 16.1. The molecule has 0 amide bonds. The van der Waals surface area contributed by atoms with Crippen LogP contribution >= 0.6 is 15.9 Å². The van der Waals surface area contributed by atoms with Gasteiger partial charge < -0.3 is 0 Å². The summed E-state index contributed by atoms with van der Waals surface area (Å²) < 4.78 is 23.3. The Morgan fingerprint density at radius 3 is 2.42 bits per heavy atom. The van der Waals surface area contributed by atoms with Gasteiger partial charge >= 0.3 is 0 Å². The maximum Gasteiger partial charge on any atom is 0.291 e. The van der Waals surface area contributed by atoms with Crippen LogP contribution in [0.2, 0.25) is 0 Å². The molecule has 2 unspecified atom stereocenters. The van der Waals surface area contributed by atoms with Gasteiger partial charge in [-0.15, -0.1) is 0 Å². The molecule has 2 atom stereocenters. The Balaban J connectivity index is 3.54. The predicted molar refractivity (Wildman–Crippen MR) is 77.6 cm³/mol. The van der Waals surface area contributed by atoms with Gasteiger partial charge in [0.25, 0.3) is 5.69 Å². The van der Waals surface area contributed by atoms with Crippen LogP contribution in [0.4, 0.5) is 5.69 Å². The van der Waals surface area contributed by atoms with Crippen LogP contribution in [0.15, 0.2) is 23.1 Å². The summed E-state index contributed by atoms with van der Waals surface area (Å²) in [6.45, 7) is 3.81. The normalized spacial score (nSPS) is 14.9. The number of hydrogen-bond acceptors (Lipinski definition) is 4. The van der Waals surface area contributed by atoms with Crippen molar-refractivity contribution in [2.24, 2.45) is 0 Å². The van der Waals surface area contributed by atoms with Gasteiger partial charge in [0.15, 0.2) is 9.84 Å². The number of benzene rings is 1. The molecule has 1 rings (SSSR count). The molecule has 0 bridgehead atoms. The Labute approximate surface area is 121 Å². The Morgan fingerprint density at radius 2 is 2.00 bits per heavy atom. The van der Waals surface area contributed by atoms with Crippen molar-refractivity contribution < 1.29 is 13.3 Å². The molecule has 0 aliphatic rings. The third kappa shape index (κ3) is 3.54. The lowest BCUT2D eigenvalue weighted by Crippen LogP contribution is -2.12. The average molecular weight is 350 g/mol. The van der Waals surface area contributed by atoms with E-state index >= 15 is 0 Å². The highest BCUT2D eigenvalue weighted by atomic mass is 79.9. The SMILES string of the molecule is CCC(Br)C(C)c1cccc(S(C)(=O)=O)c1[N+](=O)[O-]. The first-order valence-electron chi connectivity index (χ1n) is 5.81. The molecular formula is C12H16BrNO4S. The highest BCUT2D eigenvalue weighted by Gasteiger charge is 2.30. The second-order valence-corrected chi connectivity index (χ2v) is 7.60. The maximum atomic E-state index is 11.7. The lowest BCUT2D eigenvalue weighted by Gasteiger charge is -2.18. The fraction of sp³-hybridized carbons (Fsp3) is 0.500. The molecule has 106 valence electrons. The van der Waals surface area contributed by atoms with Gasteiger partial charge in [-0.25, -0.2) is 8.42 Å². The molecule has 0 saturated carbocycles. The first-order valence-corrected chi connectivity index (χ1v) is 8.62. The van der Waals surface area contributed by atoms with Crippen LogP contribution in [0.25, 0.3) is 0 Å². The van der Waals surface area contributed by atoms with E-state index in [4.69, 9.17) is 0 Å². The molecule has 0 aliphatic heterocycles. The third-order valence-corrected chi connectivity index (χ3v) is 5.60. The molecule has 0 spiro atoms. The van der Waals surface area contributed by atoms with Gasteiger partial charge in [-0.05, 0) is 12.5 Å². The van der Waals surface area contributed by atoms with Crippen LogP contribution in [-0.4, -0.2) is 24.4 Å². The number of nitro groups is 1. The van der Waals surface area contributed by atoms with Crippen LogP contribution in [-0.2, 0) is 9.84 Å². The van der Waals surface area contributed by atoms with Gasteiger partial charge in [-0.1, -0.05) is 41.9 Å². The summed E-state index contributed by atoms with van der Waals surface area (Å²) in [6, 6.07) is 4.44. The Bertz CT molecular complexity index is 585. The van der Waals surface area contributed by atoms with Gasteiger partial charge in [0.05, 0.1) is 4.92 Å². The summed E-state index contributed by atoms with van der Waals surface area (Å²) >= 11 is 3.47. The lowest BCUT2D eigenvalue weighted by molar-refractivity contribution is -0.388. The quantitative estimate of drug-likeness (QED) is 0.464. The first-order chi connectivity index (χ1) is 8.70. The van der Waals surface area contributed by atoms with Gasteiger partial charge in [-0.2, -0.15) is 0 Å². The zero-order valence-electron chi connectivity index (χ0n) is 11.0. The Hall–Kier alpha value is -0.950. The van der Waals surface area contributed by atoms with Crippen molar-refractivity contribution in [3.63, 3.8) is 0 Å². The van der Waals surface area contributed by atoms with Crippen LogP contribution in [0.3, 0.4) is 0 Å². The molecule has 0 aromatic heterocycles. The van der Waals surface area contributed by atoms with Gasteiger partial charge in [0, 0.05) is 22.6 Å². The highest BCUT2D eigenvalue weighted by molar-refractivity contribution is 9.09. The summed E-state index contributed by atoms with van der Waals surface area (Å²) in [5.74, 6) is -0.146. The van der Waals surface area contributed by atoms with Crippen molar-refractivity contribution in [2.75, 3.05) is 6.26 Å². The molecule has 0 saturated heterocycles. The van der Waals surface area contributed by atoms with Crippen LogP contribution in [0.5, 0.6) is 0 Å². The molecule has 1 aromatic carbocycles. The van der Waals surface area contributed by atoms with E-state index in [0.29, 0.717) is 5.56 Å². The summed E-state index contributed by atoms with van der Waals surface area (Å²) in [5.41, 5.74) is 0.132. The van der Waals surface area contributed by atoms with Crippen LogP contribution in [0, 0.1) is 10.1 Å². The fourth-order valence-electron chi connectivity index (χ4n) is 1.95. The minimum atomic E-state index is -3.62. The minimum absolute atomic E-state index is 0.0565. The maximum absolute atomic E-state index is 11.7. The van der Waals surface area contributed by atoms with Crippen molar-refractivity contribution in [3.8, 4) is 0 Å². The topological polar surface area (TPSA) is 77.3 Å². The molecular weight excluding hydrogens is 334 g/mol. The Morgan fingerprint density at radius 1 is 1.42 bits per heavy atom. The van der Waals surface area contributed by atoms with Gasteiger partial charge in [0.2, 0.25) is 0 Å².